The molecule has 0 spiro atoms. The van der Waals surface area contributed by atoms with Crippen molar-refractivity contribution in [2.45, 2.75) is 144 Å². The van der Waals surface area contributed by atoms with Crippen molar-refractivity contribution >= 4 is 5.97 Å². The first kappa shape index (κ1) is 29.7. The summed E-state index contributed by atoms with van der Waals surface area (Å²) in [5, 5.41) is 0. The molecule has 0 saturated heterocycles. The summed E-state index contributed by atoms with van der Waals surface area (Å²) in [6.45, 7) is 11.7. The van der Waals surface area contributed by atoms with Gasteiger partial charge < -0.3 is 4.74 Å². The SMILES string of the molecule is CCCCCCCCCCCCCCCC(=O)OC/C=C(C)/C=C/C1=C(C)CCCC1(C)C. The second kappa shape index (κ2) is 18.1. The van der Waals surface area contributed by atoms with Gasteiger partial charge in [-0.3, -0.25) is 4.79 Å². The first-order valence-electron chi connectivity index (χ1n) is 14.1. The molecule has 0 bridgehead atoms. The van der Waals surface area contributed by atoms with E-state index < -0.39 is 0 Å². The van der Waals surface area contributed by atoms with Gasteiger partial charge in [0, 0.05) is 6.42 Å². The Kier molecular flexibility index (Phi) is 16.3. The first-order chi connectivity index (χ1) is 15.9. The van der Waals surface area contributed by atoms with Crippen molar-refractivity contribution in [2.24, 2.45) is 5.41 Å². The third-order valence-electron chi connectivity index (χ3n) is 7.19. The average Bonchev–Trinajstić information content (AvgIpc) is 2.76. The van der Waals surface area contributed by atoms with Crippen LogP contribution in [0.2, 0.25) is 0 Å². The molecule has 0 heterocycles. The van der Waals surface area contributed by atoms with Gasteiger partial charge in [0.1, 0.15) is 6.61 Å². The van der Waals surface area contributed by atoms with E-state index >= 15 is 0 Å². The van der Waals surface area contributed by atoms with Crippen molar-refractivity contribution in [2.75, 3.05) is 6.61 Å². The summed E-state index contributed by atoms with van der Waals surface area (Å²) in [6, 6.07) is 0. The van der Waals surface area contributed by atoms with Gasteiger partial charge in [0.25, 0.3) is 0 Å². The molecular formula is C31H54O2. The van der Waals surface area contributed by atoms with Gasteiger partial charge in [0.2, 0.25) is 0 Å². The molecule has 1 aliphatic rings. The van der Waals surface area contributed by atoms with Crippen molar-refractivity contribution in [3.05, 3.63) is 34.9 Å². The molecule has 0 amide bonds. The van der Waals surface area contributed by atoms with Crippen LogP contribution in [0.25, 0.3) is 0 Å². The number of ether oxygens (including phenoxy) is 1. The molecule has 0 unspecified atom stereocenters. The van der Waals surface area contributed by atoms with Crippen LogP contribution in [0.15, 0.2) is 34.9 Å². The number of hydrogen-bond donors (Lipinski definition) is 0. The molecule has 0 radical (unpaired) electrons. The van der Waals surface area contributed by atoms with Crippen LogP contribution in [0, 0.1) is 5.41 Å². The molecule has 0 fully saturated rings. The standard InChI is InChI=1S/C31H54O2/c1-6-7-8-9-10-11-12-13-14-15-16-17-18-21-30(32)33-26-24-27(2)22-23-29-28(3)20-19-25-31(29,4)5/h22-24H,6-21,25-26H2,1-5H3/b23-22+,27-24+. The monoisotopic (exact) mass is 458 g/mol. The highest BCUT2D eigenvalue weighted by molar-refractivity contribution is 5.69. The summed E-state index contributed by atoms with van der Waals surface area (Å²) in [6.07, 6.45) is 28.0. The Morgan fingerprint density at radius 2 is 1.45 bits per heavy atom. The Morgan fingerprint density at radius 3 is 2.00 bits per heavy atom. The third-order valence-corrected chi connectivity index (χ3v) is 7.19. The van der Waals surface area contributed by atoms with Crippen LogP contribution in [-0.2, 0) is 9.53 Å². The number of hydrogen-bond acceptors (Lipinski definition) is 2. The van der Waals surface area contributed by atoms with Crippen LogP contribution in [0.4, 0.5) is 0 Å². The highest BCUT2D eigenvalue weighted by Crippen LogP contribution is 2.40. The fraction of sp³-hybridized carbons (Fsp3) is 0.774. The predicted octanol–water partition coefficient (Wildman–Crippen LogP) is 10.0. The maximum Gasteiger partial charge on any atom is 0.306 e. The van der Waals surface area contributed by atoms with Crippen molar-refractivity contribution < 1.29 is 9.53 Å². The molecule has 0 aromatic heterocycles. The number of allylic oxidation sites excluding steroid dienone is 5. The lowest BCUT2D eigenvalue weighted by atomic mass is 9.72. The van der Waals surface area contributed by atoms with Crippen LogP contribution in [0.5, 0.6) is 0 Å². The van der Waals surface area contributed by atoms with Gasteiger partial charge in [0.05, 0.1) is 0 Å². The predicted molar refractivity (Wildman–Crippen MR) is 144 cm³/mol. The zero-order valence-corrected chi connectivity index (χ0v) is 22.8. The molecule has 2 heteroatoms. The lowest BCUT2D eigenvalue weighted by Crippen LogP contribution is -2.19. The lowest BCUT2D eigenvalue weighted by molar-refractivity contribution is -0.142. The Bertz CT molecular complexity index is 621. The number of carbonyl (C=O) groups is 1. The minimum absolute atomic E-state index is 0.0573. The summed E-state index contributed by atoms with van der Waals surface area (Å²) in [5.41, 5.74) is 4.41. The van der Waals surface area contributed by atoms with E-state index in [1.165, 1.54) is 101 Å². The van der Waals surface area contributed by atoms with E-state index in [2.05, 4.69) is 46.8 Å². The Labute approximate surface area is 206 Å². The quantitative estimate of drug-likeness (QED) is 0.116. The van der Waals surface area contributed by atoms with E-state index in [1.807, 2.05) is 6.08 Å². The van der Waals surface area contributed by atoms with Crippen LogP contribution in [0.1, 0.15) is 144 Å². The van der Waals surface area contributed by atoms with Gasteiger partial charge in [0.15, 0.2) is 0 Å². The minimum Gasteiger partial charge on any atom is -0.461 e. The summed E-state index contributed by atoms with van der Waals surface area (Å²) in [4.78, 5) is 12.0. The number of carbonyl (C=O) groups excluding carboxylic acids is 1. The average molecular weight is 459 g/mol. The normalized spacial score (nSPS) is 16.6. The topological polar surface area (TPSA) is 26.3 Å². The smallest absolute Gasteiger partial charge is 0.306 e. The van der Waals surface area contributed by atoms with Crippen LogP contribution < -0.4 is 0 Å². The van der Waals surface area contributed by atoms with Gasteiger partial charge in [-0.1, -0.05) is 121 Å². The molecule has 0 N–H and O–H groups in total. The number of esters is 1. The molecule has 1 rings (SSSR count). The first-order valence-corrected chi connectivity index (χ1v) is 14.1. The molecule has 2 nitrogen and oxygen atoms in total. The Morgan fingerprint density at radius 1 is 0.909 bits per heavy atom. The summed E-state index contributed by atoms with van der Waals surface area (Å²) >= 11 is 0. The van der Waals surface area contributed by atoms with E-state index in [9.17, 15) is 4.79 Å². The molecule has 0 aliphatic heterocycles. The fourth-order valence-corrected chi connectivity index (χ4v) is 4.92. The van der Waals surface area contributed by atoms with Gasteiger partial charge in [-0.05, 0) is 56.6 Å². The minimum atomic E-state index is -0.0573. The zero-order chi connectivity index (χ0) is 24.4. The van der Waals surface area contributed by atoms with E-state index in [0.717, 1.165) is 18.4 Å². The molecule has 33 heavy (non-hydrogen) atoms. The molecule has 0 saturated carbocycles. The summed E-state index contributed by atoms with van der Waals surface area (Å²) < 4.78 is 5.41. The van der Waals surface area contributed by atoms with Gasteiger partial charge in [-0.15, -0.1) is 0 Å². The van der Waals surface area contributed by atoms with E-state index in [-0.39, 0.29) is 11.4 Å². The van der Waals surface area contributed by atoms with Gasteiger partial charge >= 0.3 is 5.97 Å². The molecule has 0 atom stereocenters. The lowest BCUT2D eigenvalue weighted by Gasteiger charge is -2.32. The maximum absolute atomic E-state index is 12.0. The molecule has 190 valence electrons. The van der Waals surface area contributed by atoms with E-state index in [1.54, 1.807) is 0 Å². The Balaban J connectivity index is 2.05. The van der Waals surface area contributed by atoms with Crippen LogP contribution in [-0.4, -0.2) is 12.6 Å². The van der Waals surface area contributed by atoms with Gasteiger partial charge in [-0.2, -0.15) is 0 Å². The van der Waals surface area contributed by atoms with Crippen molar-refractivity contribution in [1.82, 2.24) is 0 Å². The third kappa shape index (κ3) is 14.5. The fourth-order valence-electron chi connectivity index (χ4n) is 4.92. The van der Waals surface area contributed by atoms with Crippen molar-refractivity contribution in [1.29, 1.82) is 0 Å². The van der Waals surface area contributed by atoms with Crippen LogP contribution >= 0.6 is 0 Å². The van der Waals surface area contributed by atoms with Crippen molar-refractivity contribution in [3.63, 3.8) is 0 Å². The largest absolute Gasteiger partial charge is 0.461 e. The second-order valence-corrected chi connectivity index (χ2v) is 10.9. The zero-order valence-electron chi connectivity index (χ0n) is 22.8. The molecule has 0 aromatic rings. The van der Waals surface area contributed by atoms with Gasteiger partial charge in [-0.25, -0.2) is 0 Å². The molecule has 0 aromatic carbocycles. The maximum atomic E-state index is 12.0. The Hall–Kier alpha value is -1.31. The number of unbranched alkanes of at least 4 members (excludes halogenated alkanes) is 12. The summed E-state index contributed by atoms with van der Waals surface area (Å²) in [7, 11) is 0. The molecule has 1 aliphatic carbocycles. The summed E-state index contributed by atoms with van der Waals surface area (Å²) in [5.74, 6) is -0.0573. The number of rotatable bonds is 18. The highest BCUT2D eigenvalue weighted by atomic mass is 16.5. The molecular weight excluding hydrogens is 404 g/mol. The second-order valence-electron chi connectivity index (χ2n) is 10.9. The van der Waals surface area contributed by atoms with E-state index in [0.29, 0.717) is 13.0 Å². The van der Waals surface area contributed by atoms with Crippen molar-refractivity contribution in [3.8, 4) is 0 Å². The van der Waals surface area contributed by atoms with Crippen LogP contribution in [0.3, 0.4) is 0 Å². The van der Waals surface area contributed by atoms with E-state index in [4.69, 9.17) is 4.74 Å². The highest BCUT2D eigenvalue weighted by Gasteiger charge is 2.26.